The van der Waals surface area contributed by atoms with Crippen molar-refractivity contribution in [2.45, 2.75) is 0 Å². The zero-order valence-corrected chi connectivity index (χ0v) is 7.66. The van der Waals surface area contributed by atoms with Crippen molar-refractivity contribution in [1.29, 1.82) is 0 Å². The lowest BCUT2D eigenvalue weighted by Crippen LogP contribution is -2.13. The zero-order valence-electron chi connectivity index (χ0n) is 7.66. The molecule has 0 fully saturated rings. The Kier molecular flexibility index (Phi) is 5.54. The zero-order chi connectivity index (χ0) is 11.0. The van der Waals surface area contributed by atoms with E-state index in [9.17, 15) is 14.4 Å². The molecule has 14 heavy (non-hydrogen) atoms. The Labute approximate surface area is 80.1 Å². The summed E-state index contributed by atoms with van der Waals surface area (Å²) >= 11 is 0. The minimum absolute atomic E-state index is 0.537. The SMILES string of the molecule is COC(=O)C#CC(=O)OCC(=O)OC. The van der Waals surface area contributed by atoms with Crippen LogP contribution in [0.1, 0.15) is 0 Å². The lowest BCUT2D eigenvalue weighted by atomic mass is 10.6. The second-order valence-corrected chi connectivity index (χ2v) is 1.89. The number of methoxy groups -OCH3 is 2. The Morgan fingerprint density at radius 3 is 2.07 bits per heavy atom. The third kappa shape index (κ3) is 5.60. The van der Waals surface area contributed by atoms with Crippen molar-refractivity contribution in [1.82, 2.24) is 0 Å². The van der Waals surface area contributed by atoms with E-state index in [-0.39, 0.29) is 0 Å². The lowest BCUT2D eigenvalue weighted by molar-refractivity contribution is -0.153. The first-order valence-corrected chi connectivity index (χ1v) is 3.43. The van der Waals surface area contributed by atoms with Gasteiger partial charge in [-0.05, 0) is 0 Å². The summed E-state index contributed by atoms with van der Waals surface area (Å²) < 4.78 is 12.6. The van der Waals surface area contributed by atoms with Gasteiger partial charge in [0.25, 0.3) is 0 Å². The minimum Gasteiger partial charge on any atom is -0.466 e. The third-order valence-corrected chi connectivity index (χ3v) is 1.00. The topological polar surface area (TPSA) is 78.9 Å². The molecular weight excluding hydrogens is 192 g/mol. The van der Waals surface area contributed by atoms with Crippen molar-refractivity contribution in [3.63, 3.8) is 0 Å². The summed E-state index contributed by atoms with van der Waals surface area (Å²) in [6, 6.07) is 0. The number of esters is 3. The minimum atomic E-state index is -0.999. The first kappa shape index (κ1) is 12.0. The van der Waals surface area contributed by atoms with Crippen molar-refractivity contribution in [3.8, 4) is 11.8 Å². The highest BCUT2D eigenvalue weighted by Gasteiger charge is 2.04. The first-order chi connectivity index (χ1) is 6.60. The Morgan fingerprint density at radius 2 is 1.57 bits per heavy atom. The number of hydrogen-bond acceptors (Lipinski definition) is 6. The molecule has 0 rings (SSSR count). The lowest BCUT2D eigenvalue weighted by Gasteiger charge is -1.97. The van der Waals surface area contributed by atoms with Crippen LogP contribution in [0.25, 0.3) is 0 Å². The van der Waals surface area contributed by atoms with E-state index in [1.54, 1.807) is 0 Å². The normalized spacial score (nSPS) is 7.86. The molecule has 0 N–H and O–H groups in total. The van der Waals surface area contributed by atoms with E-state index >= 15 is 0 Å². The number of carbonyl (C=O) groups excluding carboxylic acids is 3. The number of rotatable bonds is 2. The molecular formula is C8H8O6. The van der Waals surface area contributed by atoms with Crippen molar-refractivity contribution in [2.24, 2.45) is 0 Å². The molecule has 0 aromatic rings. The van der Waals surface area contributed by atoms with Crippen LogP contribution in [0, 0.1) is 11.8 Å². The highest BCUT2D eigenvalue weighted by molar-refractivity contribution is 5.98. The number of carbonyl (C=O) groups is 3. The quantitative estimate of drug-likeness (QED) is 0.243. The van der Waals surface area contributed by atoms with Gasteiger partial charge in [0.2, 0.25) is 0 Å². The molecule has 0 radical (unpaired) electrons. The Morgan fingerprint density at radius 1 is 1.00 bits per heavy atom. The van der Waals surface area contributed by atoms with E-state index in [2.05, 4.69) is 14.2 Å². The fraction of sp³-hybridized carbons (Fsp3) is 0.375. The number of hydrogen-bond donors (Lipinski definition) is 0. The van der Waals surface area contributed by atoms with Crippen LogP contribution in [0.2, 0.25) is 0 Å². The molecule has 6 heteroatoms. The molecule has 0 bridgehead atoms. The molecule has 0 saturated carbocycles. The third-order valence-electron chi connectivity index (χ3n) is 1.00. The Hall–Kier alpha value is -2.03. The molecule has 0 atom stereocenters. The van der Waals surface area contributed by atoms with Gasteiger partial charge < -0.3 is 14.2 Å². The molecule has 0 heterocycles. The Bertz CT molecular complexity index is 295. The van der Waals surface area contributed by atoms with Crippen molar-refractivity contribution in [2.75, 3.05) is 20.8 Å². The highest BCUT2D eigenvalue weighted by Crippen LogP contribution is 1.80. The summed E-state index contributed by atoms with van der Waals surface area (Å²) in [5.41, 5.74) is 0. The van der Waals surface area contributed by atoms with Gasteiger partial charge in [-0.3, -0.25) is 0 Å². The van der Waals surface area contributed by atoms with Crippen LogP contribution in [0.5, 0.6) is 0 Å². The van der Waals surface area contributed by atoms with Gasteiger partial charge in [-0.25, -0.2) is 14.4 Å². The molecule has 0 aromatic heterocycles. The largest absolute Gasteiger partial charge is 0.466 e. The molecule has 0 aliphatic rings. The van der Waals surface area contributed by atoms with Crippen LogP contribution in [0.3, 0.4) is 0 Å². The fourth-order valence-electron chi connectivity index (χ4n) is 0.373. The maximum absolute atomic E-state index is 10.7. The molecule has 76 valence electrons. The summed E-state index contributed by atoms with van der Waals surface area (Å²) in [5.74, 6) is 1.09. The van der Waals surface area contributed by atoms with Gasteiger partial charge in [-0.2, -0.15) is 0 Å². The summed E-state index contributed by atoms with van der Waals surface area (Å²) in [6.07, 6.45) is 0. The maximum atomic E-state index is 10.7. The Balaban J connectivity index is 3.91. The fourth-order valence-corrected chi connectivity index (χ4v) is 0.373. The highest BCUT2D eigenvalue weighted by atomic mass is 16.6. The monoisotopic (exact) mass is 200 g/mol. The van der Waals surface area contributed by atoms with E-state index in [4.69, 9.17) is 0 Å². The first-order valence-electron chi connectivity index (χ1n) is 3.43. The van der Waals surface area contributed by atoms with Gasteiger partial charge in [0, 0.05) is 11.8 Å². The second-order valence-electron chi connectivity index (χ2n) is 1.89. The molecule has 6 nitrogen and oxygen atoms in total. The molecule has 0 spiro atoms. The van der Waals surface area contributed by atoms with Gasteiger partial charge in [-0.15, -0.1) is 0 Å². The van der Waals surface area contributed by atoms with E-state index in [1.165, 1.54) is 0 Å². The average Bonchev–Trinajstić information content (AvgIpc) is 2.22. The molecule has 0 aliphatic heterocycles. The summed E-state index contributed by atoms with van der Waals surface area (Å²) in [7, 11) is 2.27. The van der Waals surface area contributed by atoms with Crippen LogP contribution in [-0.2, 0) is 28.6 Å². The van der Waals surface area contributed by atoms with E-state index in [0.717, 1.165) is 14.2 Å². The second kappa shape index (κ2) is 6.48. The van der Waals surface area contributed by atoms with Gasteiger partial charge in [0.1, 0.15) is 0 Å². The standard InChI is InChI=1S/C8H8O6/c1-12-6(9)3-4-7(10)14-5-8(11)13-2/h5H2,1-2H3. The van der Waals surface area contributed by atoms with E-state index in [0.29, 0.717) is 0 Å². The van der Waals surface area contributed by atoms with Crippen LogP contribution in [0.4, 0.5) is 0 Å². The number of ether oxygens (including phenoxy) is 3. The van der Waals surface area contributed by atoms with Gasteiger partial charge >= 0.3 is 17.9 Å². The molecule has 0 aliphatic carbocycles. The van der Waals surface area contributed by atoms with Gasteiger partial charge in [0.05, 0.1) is 14.2 Å². The predicted molar refractivity (Wildman–Crippen MR) is 42.8 cm³/mol. The van der Waals surface area contributed by atoms with Gasteiger partial charge in [-0.1, -0.05) is 0 Å². The average molecular weight is 200 g/mol. The van der Waals surface area contributed by atoms with Crippen LogP contribution in [0.15, 0.2) is 0 Å². The molecule has 0 saturated heterocycles. The van der Waals surface area contributed by atoms with Gasteiger partial charge in [0.15, 0.2) is 6.61 Å². The predicted octanol–water partition coefficient (Wildman–Crippen LogP) is -1.12. The smallest absolute Gasteiger partial charge is 0.385 e. The van der Waals surface area contributed by atoms with Crippen LogP contribution >= 0.6 is 0 Å². The van der Waals surface area contributed by atoms with Crippen molar-refractivity contribution < 1.29 is 28.6 Å². The molecule has 0 unspecified atom stereocenters. The van der Waals surface area contributed by atoms with E-state index in [1.807, 2.05) is 11.8 Å². The summed E-state index contributed by atoms with van der Waals surface area (Å²) in [4.78, 5) is 31.6. The van der Waals surface area contributed by atoms with Crippen LogP contribution < -0.4 is 0 Å². The van der Waals surface area contributed by atoms with Crippen molar-refractivity contribution in [3.05, 3.63) is 0 Å². The summed E-state index contributed by atoms with van der Waals surface area (Å²) in [6.45, 7) is -0.537. The van der Waals surface area contributed by atoms with E-state index < -0.39 is 24.5 Å². The molecule has 0 amide bonds. The maximum Gasteiger partial charge on any atom is 0.385 e. The molecule has 0 aromatic carbocycles. The van der Waals surface area contributed by atoms with Crippen LogP contribution in [-0.4, -0.2) is 38.7 Å². The van der Waals surface area contributed by atoms with Crippen molar-refractivity contribution >= 4 is 17.9 Å². The summed E-state index contributed by atoms with van der Waals surface area (Å²) in [5, 5.41) is 0.